The van der Waals surface area contributed by atoms with Gasteiger partial charge in [-0.15, -0.1) is 0 Å². The van der Waals surface area contributed by atoms with Crippen LogP contribution in [0.2, 0.25) is 0 Å². The molecule has 1 unspecified atom stereocenters. The van der Waals surface area contributed by atoms with Crippen LogP contribution in [-0.2, 0) is 0 Å². The van der Waals surface area contributed by atoms with E-state index < -0.39 is 0 Å². The first kappa shape index (κ1) is 10.2. The first-order chi connectivity index (χ1) is 7.16. The molecule has 0 bridgehead atoms. The zero-order valence-electron chi connectivity index (χ0n) is 9.08. The molecule has 0 aromatic carbocycles. The lowest BCUT2D eigenvalue weighted by atomic mass is 10.2. The van der Waals surface area contributed by atoms with Crippen molar-refractivity contribution in [3.63, 3.8) is 0 Å². The summed E-state index contributed by atoms with van der Waals surface area (Å²) < 4.78 is 0. The third kappa shape index (κ3) is 2.18. The first-order valence-electron chi connectivity index (χ1n) is 5.16. The number of H-pyrrole nitrogens is 1. The van der Waals surface area contributed by atoms with Gasteiger partial charge in [0.2, 0.25) is 0 Å². The van der Waals surface area contributed by atoms with Gasteiger partial charge < -0.3 is 10.2 Å². The molecule has 0 saturated carbocycles. The molecule has 1 fully saturated rings. The number of aryl methyl sites for hydroxylation is 1. The summed E-state index contributed by atoms with van der Waals surface area (Å²) in [7, 11) is 2.06. The lowest BCUT2D eigenvalue weighted by molar-refractivity contribution is 0.0938. The van der Waals surface area contributed by atoms with Crippen LogP contribution in [-0.4, -0.2) is 47.2 Å². The molecule has 5 heteroatoms. The van der Waals surface area contributed by atoms with Crippen molar-refractivity contribution < 1.29 is 4.79 Å². The number of rotatable bonds is 2. The molecule has 2 N–H and O–H groups in total. The minimum Gasteiger partial charge on any atom is -0.348 e. The second kappa shape index (κ2) is 4.02. The maximum absolute atomic E-state index is 11.8. The number of likely N-dealkylation sites (N-methyl/N-ethyl adjacent to an activating group) is 1. The largest absolute Gasteiger partial charge is 0.348 e. The Morgan fingerprint density at radius 3 is 3.07 bits per heavy atom. The van der Waals surface area contributed by atoms with E-state index in [1.54, 1.807) is 6.20 Å². The van der Waals surface area contributed by atoms with Crippen molar-refractivity contribution in [3.8, 4) is 0 Å². The first-order valence-corrected chi connectivity index (χ1v) is 5.16. The number of amides is 1. The van der Waals surface area contributed by atoms with Crippen LogP contribution >= 0.6 is 0 Å². The van der Waals surface area contributed by atoms with Crippen LogP contribution in [0, 0.1) is 6.92 Å². The zero-order valence-corrected chi connectivity index (χ0v) is 9.08. The van der Waals surface area contributed by atoms with E-state index in [1.165, 1.54) is 0 Å². The Morgan fingerprint density at radius 2 is 2.53 bits per heavy atom. The quantitative estimate of drug-likeness (QED) is 0.727. The fraction of sp³-hybridized carbons (Fsp3) is 0.600. The Bertz CT molecular complexity index is 360. The van der Waals surface area contributed by atoms with Gasteiger partial charge in [-0.2, -0.15) is 5.10 Å². The molecule has 1 aliphatic rings. The molecule has 0 aliphatic carbocycles. The van der Waals surface area contributed by atoms with E-state index in [0.717, 1.165) is 25.2 Å². The van der Waals surface area contributed by atoms with Gasteiger partial charge in [-0.1, -0.05) is 0 Å². The molecule has 1 amide bonds. The Kier molecular flexibility index (Phi) is 2.73. The normalized spacial score (nSPS) is 21.9. The van der Waals surface area contributed by atoms with Gasteiger partial charge in [0.05, 0.1) is 11.8 Å². The van der Waals surface area contributed by atoms with E-state index in [-0.39, 0.29) is 11.9 Å². The molecular weight excluding hydrogens is 192 g/mol. The Labute approximate surface area is 88.8 Å². The van der Waals surface area contributed by atoms with E-state index in [0.29, 0.717) is 5.56 Å². The number of nitrogens with zero attached hydrogens (tertiary/aromatic N) is 2. The van der Waals surface area contributed by atoms with Crippen LogP contribution in [0.3, 0.4) is 0 Å². The van der Waals surface area contributed by atoms with Gasteiger partial charge >= 0.3 is 0 Å². The van der Waals surface area contributed by atoms with Crippen molar-refractivity contribution >= 4 is 5.91 Å². The molecule has 0 radical (unpaired) electrons. The molecule has 1 aromatic heterocycles. The van der Waals surface area contributed by atoms with Gasteiger partial charge in [-0.05, 0) is 26.9 Å². The summed E-state index contributed by atoms with van der Waals surface area (Å²) in [5.41, 5.74) is 1.46. The van der Waals surface area contributed by atoms with Gasteiger partial charge in [-0.3, -0.25) is 9.89 Å². The van der Waals surface area contributed by atoms with Crippen molar-refractivity contribution in [3.05, 3.63) is 17.5 Å². The highest BCUT2D eigenvalue weighted by atomic mass is 16.1. The molecule has 2 rings (SSSR count). The standard InChI is InChI=1S/C10H16N4O/c1-7-9(5-11-13-7)10(15)12-8-3-4-14(2)6-8/h5,8H,3-4,6H2,1-2H3,(H,11,13)(H,12,15). The lowest BCUT2D eigenvalue weighted by Gasteiger charge is -2.12. The third-order valence-corrected chi connectivity index (χ3v) is 2.80. The van der Waals surface area contributed by atoms with E-state index >= 15 is 0 Å². The van der Waals surface area contributed by atoms with Crippen LogP contribution in [0.15, 0.2) is 6.20 Å². The topological polar surface area (TPSA) is 61.0 Å². The fourth-order valence-corrected chi connectivity index (χ4v) is 1.90. The van der Waals surface area contributed by atoms with Crippen LogP contribution in [0.1, 0.15) is 22.5 Å². The average molecular weight is 208 g/mol. The molecule has 15 heavy (non-hydrogen) atoms. The molecule has 5 nitrogen and oxygen atoms in total. The van der Waals surface area contributed by atoms with E-state index in [4.69, 9.17) is 0 Å². The third-order valence-electron chi connectivity index (χ3n) is 2.80. The summed E-state index contributed by atoms with van der Waals surface area (Å²) in [6, 6.07) is 0.275. The maximum atomic E-state index is 11.8. The smallest absolute Gasteiger partial charge is 0.254 e. The Balaban J connectivity index is 1.96. The van der Waals surface area contributed by atoms with Crippen LogP contribution in [0.5, 0.6) is 0 Å². The van der Waals surface area contributed by atoms with E-state index in [9.17, 15) is 4.79 Å². The summed E-state index contributed by atoms with van der Waals surface area (Å²) in [4.78, 5) is 14.0. The second-order valence-corrected chi connectivity index (χ2v) is 4.13. The number of nitrogens with one attached hydrogen (secondary N) is 2. The maximum Gasteiger partial charge on any atom is 0.254 e. The SMILES string of the molecule is Cc1[nH]ncc1C(=O)NC1CCN(C)C1. The van der Waals surface area contributed by atoms with Gasteiger partial charge in [-0.25, -0.2) is 0 Å². The van der Waals surface area contributed by atoms with Crippen LogP contribution in [0.25, 0.3) is 0 Å². The number of carbonyl (C=O) groups excluding carboxylic acids is 1. The minimum atomic E-state index is -0.0263. The van der Waals surface area contributed by atoms with Gasteiger partial charge in [0, 0.05) is 18.3 Å². The molecule has 1 aliphatic heterocycles. The monoisotopic (exact) mass is 208 g/mol. The molecule has 1 atom stereocenters. The van der Waals surface area contributed by atoms with Crippen LogP contribution in [0.4, 0.5) is 0 Å². The number of aromatic amines is 1. The van der Waals surface area contributed by atoms with E-state index in [1.807, 2.05) is 6.92 Å². The summed E-state index contributed by atoms with van der Waals surface area (Å²) in [5, 5.41) is 9.61. The van der Waals surface area contributed by atoms with Crippen molar-refractivity contribution in [2.24, 2.45) is 0 Å². The summed E-state index contributed by atoms with van der Waals surface area (Å²) in [5.74, 6) is -0.0263. The van der Waals surface area contributed by atoms with Gasteiger partial charge in [0.1, 0.15) is 0 Å². The molecule has 1 aromatic rings. The second-order valence-electron chi connectivity index (χ2n) is 4.13. The molecule has 0 spiro atoms. The minimum absolute atomic E-state index is 0.0263. The zero-order chi connectivity index (χ0) is 10.8. The predicted molar refractivity (Wildman–Crippen MR) is 56.7 cm³/mol. The fourth-order valence-electron chi connectivity index (χ4n) is 1.90. The molecule has 2 heterocycles. The van der Waals surface area contributed by atoms with Crippen molar-refractivity contribution in [2.45, 2.75) is 19.4 Å². The average Bonchev–Trinajstić information content (AvgIpc) is 2.75. The molecular formula is C10H16N4O. The molecule has 82 valence electrons. The summed E-state index contributed by atoms with van der Waals surface area (Å²) >= 11 is 0. The van der Waals surface area contributed by atoms with Gasteiger partial charge in [0.15, 0.2) is 0 Å². The summed E-state index contributed by atoms with van der Waals surface area (Å²) in [6.45, 7) is 3.83. The number of likely N-dealkylation sites (tertiary alicyclic amines) is 1. The highest BCUT2D eigenvalue weighted by Crippen LogP contribution is 2.08. The number of hydrogen-bond donors (Lipinski definition) is 2. The number of hydrogen-bond acceptors (Lipinski definition) is 3. The van der Waals surface area contributed by atoms with Crippen molar-refractivity contribution in [1.29, 1.82) is 0 Å². The number of aromatic nitrogens is 2. The molecule has 1 saturated heterocycles. The summed E-state index contributed by atoms with van der Waals surface area (Å²) in [6.07, 6.45) is 2.60. The number of carbonyl (C=O) groups is 1. The van der Waals surface area contributed by atoms with Crippen molar-refractivity contribution in [1.82, 2.24) is 20.4 Å². The predicted octanol–water partition coefficient (Wildman–Crippen LogP) is 0.152. The Hall–Kier alpha value is -1.36. The van der Waals surface area contributed by atoms with E-state index in [2.05, 4.69) is 27.5 Å². The van der Waals surface area contributed by atoms with Crippen molar-refractivity contribution in [2.75, 3.05) is 20.1 Å². The Morgan fingerprint density at radius 1 is 1.73 bits per heavy atom. The highest BCUT2D eigenvalue weighted by Gasteiger charge is 2.22. The van der Waals surface area contributed by atoms with Crippen LogP contribution < -0.4 is 5.32 Å². The highest BCUT2D eigenvalue weighted by molar-refractivity contribution is 5.95. The van der Waals surface area contributed by atoms with Gasteiger partial charge in [0.25, 0.3) is 5.91 Å². The lowest BCUT2D eigenvalue weighted by Crippen LogP contribution is -2.36.